The third-order valence-electron chi connectivity index (χ3n) is 3.81. The molecule has 0 aliphatic carbocycles. The van der Waals surface area contributed by atoms with Crippen molar-refractivity contribution in [1.29, 1.82) is 0 Å². The zero-order valence-corrected chi connectivity index (χ0v) is 12.5. The summed E-state index contributed by atoms with van der Waals surface area (Å²) in [6.45, 7) is 11.2. The first kappa shape index (κ1) is 14.9. The van der Waals surface area contributed by atoms with Crippen LogP contribution in [0.2, 0.25) is 0 Å². The monoisotopic (exact) mass is 245 g/mol. The molecule has 1 unspecified atom stereocenters. The molecule has 0 saturated carbocycles. The molecule has 0 heterocycles. The van der Waals surface area contributed by atoms with E-state index in [2.05, 4.69) is 58.9 Å². The Morgan fingerprint density at radius 2 is 1.83 bits per heavy atom. The van der Waals surface area contributed by atoms with Gasteiger partial charge in [0.15, 0.2) is 0 Å². The Bertz CT molecular complexity index is 392. The second kappa shape index (κ2) is 7.35. The van der Waals surface area contributed by atoms with Crippen LogP contribution < -0.4 is 0 Å². The van der Waals surface area contributed by atoms with E-state index in [-0.39, 0.29) is 0 Å². The van der Waals surface area contributed by atoms with E-state index in [4.69, 9.17) is 4.99 Å². The van der Waals surface area contributed by atoms with Crippen LogP contribution in [0.15, 0.2) is 29.3 Å². The van der Waals surface area contributed by atoms with Crippen LogP contribution in [0.5, 0.6) is 0 Å². The van der Waals surface area contributed by atoms with Crippen LogP contribution in [-0.4, -0.2) is 5.71 Å². The highest BCUT2D eigenvalue weighted by atomic mass is 14.8. The predicted molar refractivity (Wildman–Crippen MR) is 82.0 cm³/mol. The van der Waals surface area contributed by atoms with Gasteiger partial charge in [0.2, 0.25) is 0 Å². The average molecular weight is 245 g/mol. The lowest BCUT2D eigenvalue weighted by atomic mass is 9.95. The fourth-order valence-corrected chi connectivity index (χ4v) is 2.19. The second-order valence-corrected chi connectivity index (χ2v) is 5.31. The normalized spacial score (nSPS) is 15.5. The van der Waals surface area contributed by atoms with Gasteiger partial charge in [-0.3, -0.25) is 4.99 Å². The van der Waals surface area contributed by atoms with Gasteiger partial charge in [0.1, 0.15) is 0 Å². The highest BCUT2D eigenvalue weighted by Crippen LogP contribution is 2.30. The first-order valence-corrected chi connectivity index (χ1v) is 7.24. The van der Waals surface area contributed by atoms with Gasteiger partial charge in [0.05, 0.1) is 5.69 Å². The third kappa shape index (κ3) is 3.97. The molecule has 0 aliphatic rings. The lowest BCUT2D eigenvalue weighted by Crippen LogP contribution is -2.05. The van der Waals surface area contributed by atoms with Crippen LogP contribution in [-0.2, 0) is 0 Å². The number of aliphatic imine (C=N–C) groups is 1. The van der Waals surface area contributed by atoms with Crippen LogP contribution >= 0.6 is 0 Å². The van der Waals surface area contributed by atoms with Crippen molar-refractivity contribution in [3.05, 3.63) is 29.8 Å². The number of hydrogen-bond donors (Lipinski definition) is 0. The zero-order chi connectivity index (χ0) is 13.5. The van der Waals surface area contributed by atoms with E-state index in [9.17, 15) is 0 Å². The van der Waals surface area contributed by atoms with Gasteiger partial charge in [0, 0.05) is 5.71 Å². The number of benzene rings is 1. The maximum absolute atomic E-state index is 4.85. The van der Waals surface area contributed by atoms with Gasteiger partial charge in [-0.2, -0.15) is 0 Å². The largest absolute Gasteiger partial charge is 0.258 e. The molecule has 0 aliphatic heterocycles. The summed E-state index contributed by atoms with van der Waals surface area (Å²) in [7, 11) is 0. The zero-order valence-electron chi connectivity index (χ0n) is 12.5. The summed E-state index contributed by atoms with van der Waals surface area (Å²) in [5, 5.41) is 0. The van der Waals surface area contributed by atoms with Gasteiger partial charge in [-0.1, -0.05) is 52.3 Å². The molecule has 0 bridgehead atoms. The number of para-hydroxylation sites is 1. The molecule has 100 valence electrons. The van der Waals surface area contributed by atoms with Crippen molar-refractivity contribution in [2.45, 2.75) is 59.8 Å². The fraction of sp³-hybridized carbons (Fsp3) is 0.588. The van der Waals surface area contributed by atoms with Gasteiger partial charge in [-0.15, -0.1) is 0 Å². The lowest BCUT2D eigenvalue weighted by molar-refractivity contribution is 0.665. The van der Waals surface area contributed by atoms with E-state index in [1.807, 2.05) is 0 Å². The number of rotatable bonds is 6. The summed E-state index contributed by atoms with van der Waals surface area (Å²) in [6, 6.07) is 8.58. The minimum Gasteiger partial charge on any atom is -0.258 e. The van der Waals surface area contributed by atoms with Crippen LogP contribution in [0.1, 0.15) is 65.4 Å². The topological polar surface area (TPSA) is 12.4 Å². The fourth-order valence-electron chi connectivity index (χ4n) is 2.19. The van der Waals surface area contributed by atoms with Crippen LogP contribution in [0.4, 0.5) is 5.69 Å². The van der Waals surface area contributed by atoms with E-state index < -0.39 is 0 Å². The van der Waals surface area contributed by atoms with Crippen LogP contribution in [0, 0.1) is 5.92 Å². The summed E-state index contributed by atoms with van der Waals surface area (Å²) in [5.41, 5.74) is 3.80. The molecule has 1 aromatic rings. The molecule has 18 heavy (non-hydrogen) atoms. The molecule has 1 aromatic carbocycles. The van der Waals surface area contributed by atoms with Crippen molar-refractivity contribution in [3.63, 3.8) is 0 Å². The third-order valence-corrected chi connectivity index (χ3v) is 3.81. The highest BCUT2D eigenvalue weighted by molar-refractivity contribution is 5.86. The minimum absolute atomic E-state index is 0.569. The lowest BCUT2D eigenvalue weighted by Gasteiger charge is -2.15. The van der Waals surface area contributed by atoms with Crippen molar-refractivity contribution in [2.75, 3.05) is 0 Å². The molecule has 0 fully saturated rings. The van der Waals surface area contributed by atoms with E-state index in [0.29, 0.717) is 11.8 Å². The molecule has 0 radical (unpaired) electrons. The van der Waals surface area contributed by atoms with E-state index >= 15 is 0 Å². The standard InChI is InChI=1S/C17H27N/c1-6-10-14(4)16-11-8-9-12-17(16)18-15(5)13(3)7-2/h8-9,11-14H,6-7,10H2,1-5H3/t13-,14?/m1/s1. The van der Waals surface area contributed by atoms with E-state index in [1.54, 1.807) is 0 Å². The molecular weight excluding hydrogens is 218 g/mol. The molecule has 0 aromatic heterocycles. The predicted octanol–water partition coefficient (Wildman–Crippen LogP) is 5.73. The summed E-state index contributed by atoms with van der Waals surface area (Å²) < 4.78 is 0. The first-order chi connectivity index (χ1) is 8.60. The SMILES string of the molecule is CCCC(C)c1ccccc1N=C(C)[C@H](C)CC. The molecule has 1 rings (SSSR count). The second-order valence-electron chi connectivity index (χ2n) is 5.31. The number of hydrogen-bond acceptors (Lipinski definition) is 1. The van der Waals surface area contributed by atoms with Gasteiger partial charge < -0.3 is 0 Å². The van der Waals surface area contributed by atoms with Crippen LogP contribution in [0.3, 0.4) is 0 Å². The average Bonchev–Trinajstić information content (AvgIpc) is 2.38. The summed E-state index contributed by atoms with van der Waals surface area (Å²) in [4.78, 5) is 4.85. The number of nitrogens with zero attached hydrogens (tertiary/aromatic N) is 1. The van der Waals surface area contributed by atoms with Crippen molar-refractivity contribution in [2.24, 2.45) is 10.9 Å². The Morgan fingerprint density at radius 3 is 2.44 bits per heavy atom. The smallest absolute Gasteiger partial charge is 0.0663 e. The Hall–Kier alpha value is -1.11. The highest BCUT2D eigenvalue weighted by Gasteiger charge is 2.10. The van der Waals surface area contributed by atoms with Gasteiger partial charge >= 0.3 is 0 Å². The molecule has 2 atom stereocenters. The Labute approximate surface area is 112 Å². The van der Waals surface area contributed by atoms with Crippen molar-refractivity contribution in [1.82, 2.24) is 0 Å². The van der Waals surface area contributed by atoms with Gasteiger partial charge in [-0.05, 0) is 43.2 Å². The molecular formula is C17H27N. The summed E-state index contributed by atoms with van der Waals surface area (Å²) in [5.74, 6) is 1.17. The minimum atomic E-state index is 0.569. The molecule has 0 N–H and O–H groups in total. The van der Waals surface area contributed by atoms with Gasteiger partial charge in [0.25, 0.3) is 0 Å². The van der Waals surface area contributed by atoms with Gasteiger partial charge in [-0.25, -0.2) is 0 Å². The molecule has 0 amide bonds. The Morgan fingerprint density at radius 1 is 1.17 bits per heavy atom. The Balaban J connectivity index is 3.02. The van der Waals surface area contributed by atoms with E-state index in [0.717, 1.165) is 12.1 Å². The molecule has 1 nitrogen and oxygen atoms in total. The Kier molecular flexibility index (Phi) is 6.11. The summed E-state index contributed by atoms with van der Waals surface area (Å²) in [6.07, 6.45) is 3.61. The molecule has 0 spiro atoms. The first-order valence-electron chi connectivity index (χ1n) is 7.24. The van der Waals surface area contributed by atoms with Crippen molar-refractivity contribution in [3.8, 4) is 0 Å². The summed E-state index contributed by atoms with van der Waals surface area (Å²) >= 11 is 0. The van der Waals surface area contributed by atoms with Crippen LogP contribution in [0.25, 0.3) is 0 Å². The molecule has 0 saturated heterocycles. The maximum Gasteiger partial charge on any atom is 0.0663 e. The van der Waals surface area contributed by atoms with E-state index in [1.165, 1.54) is 24.1 Å². The van der Waals surface area contributed by atoms with Crippen molar-refractivity contribution >= 4 is 11.4 Å². The van der Waals surface area contributed by atoms with Crippen molar-refractivity contribution < 1.29 is 0 Å². The molecule has 1 heteroatoms. The quantitative estimate of drug-likeness (QED) is 0.568. The maximum atomic E-state index is 4.85.